The summed E-state index contributed by atoms with van der Waals surface area (Å²) in [5.41, 5.74) is -1.63. The number of esters is 1. The second-order valence-electron chi connectivity index (χ2n) is 18.1. The van der Waals surface area contributed by atoms with Gasteiger partial charge in [0.2, 0.25) is 0 Å². The second-order valence-corrected chi connectivity index (χ2v) is 18.1. The highest BCUT2D eigenvalue weighted by molar-refractivity contribution is 5.66. The van der Waals surface area contributed by atoms with Gasteiger partial charge in [0.15, 0.2) is 12.4 Å². The van der Waals surface area contributed by atoms with E-state index < -0.39 is 55.0 Å². The van der Waals surface area contributed by atoms with E-state index in [9.17, 15) is 30.3 Å². The minimum Gasteiger partial charge on any atom is -0.457 e. The van der Waals surface area contributed by atoms with Gasteiger partial charge in [0.05, 0.1) is 49.8 Å². The Morgan fingerprint density at radius 2 is 1.68 bits per heavy atom. The summed E-state index contributed by atoms with van der Waals surface area (Å²) >= 11 is 0. The fourth-order valence-electron chi connectivity index (χ4n) is 13.3. The first kappa shape index (κ1) is 36.0. The van der Waals surface area contributed by atoms with E-state index in [2.05, 4.69) is 34.6 Å². The predicted octanol–water partition coefficient (Wildman–Crippen LogP) is 3.58. The van der Waals surface area contributed by atoms with E-state index in [0.717, 1.165) is 44.9 Å². The fourth-order valence-corrected chi connectivity index (χ4v) is 13.3. The van der Waals surface area contributed by atoms with Crippen molar-refractivity contribution in [1.82, 2.24) is 0 Å². The topological polar surface area (TPSA) is 155 Å². The molecule has 1 saturated heterocycles. The highest BCUT2D eigenvalue weighted by Gasteiger charge is 2.84. The molecule has 5 saturated carbocycles. The molecule has 15 atom stereocenters. The molecular weight excluding hydrogens is 604 g/mol. The van der Waals surface area contributed by atoms with Gasteiger partial charge < -0.3 is 44.5 Å². The number of aliphatic hydroxyl groups excluding tert-OH is 4. The summed E-state index contributed by atoms with van der Waals surface area (Å²) in [5.74, 6) is 0.704. The van der Waals surface area contributed by atoms with E-state index in [4.69, 9.17) is 18.9 Å². The number of carbonyl (C=O) groups excluding carboxylic acids is 1. The normalized spacial score (nSPS) is 48.5. The molecule has 0 aromatic carbocycles. The quantitative estimate of drug-likeness (QED) is 0.173. The van der Waals surface area contributed by atoms with Crippen LogP contribution in [0, 0.1) is 50.7 Å². The number of hydrogen-bond donors (Lipinski definition) is 5. The second kappa shape index (κ2) is 11.9. The van der Waals surface area contributed by atoms with E-state index in [1.165, 1.54) is 6.92 Å². The highest BCUT2D eigenvalue weighted by atomic mass is 16.7. The number of ether oxygens (including phenoxy) is 4. The van der Waals surface area contributed by atoms with Crippen molar-refractivity contribution in [2.75, 3.05) is 19.8 Å². The molecule has 5 aliphatic carbocycles. The lowest BCUT2D eigenvalue weighted by Crippen LogP contribution is -2.60. The smallest absolute Gasteiger partial charge is 0.303 e. The number of aliphatic hydroxyl groups is 5. The lowest BCUT2D eigenvalue weighted by molar-refractivity contribution is -0.263. The first-order chi connectivity index (χ1) is 21.9. The van der Waals surface area contributed by atoms with Gasteiger partial charge >= 0.3 is 5.97 Å². The van der Waals surface area contributed by atoms with Crippen LogP contribution in [-0.2, 0) is 23.7 Å². The molecule has 0 aromatic rings. The van der Waals surface area contributed by atoms with E-state index >= 15 is 0 Å². The van der Waals surface area contributed by atoms with Crippen LogP contribution >= 0.6 is 0 Å². The molecule has 47 heavy (non-hydrogen) atoms. The van der Waals surface area contributed by atoms with Crippen LogP contribution in [0.5, 0.6) is 0 Å². The fraction of sp³-hybridized carbons (Fsp3) is 0.973. The first-order valence-corrected chi connectivity index (χ1v) is 18.3. The van der Waals surface area contributed by atoms with Crippen LogP contribution in [0.15, 0.2) is 0 Å². The summed E-state index contributed by atoms with van der Waals surface area (Å²) < 4.78 is 24.5. The zero-order chi connectivity index (χ0) is 34.5. The highest BCUT2D eigenvalue weighted by Crippen LogP contribution is 2.89. The zero-order valence-corrected chi connectivity index (χ0v) is 29.9. The first-order valence-electron chi connectivity index (χ1n) is 18.3. The molecule has 1 aliphatic heterocycles. The molecule has 6 rings (SSSR count). The summed E-state index contributed by atoms with van der Waals surface area (Å²) in [6.45, 7) is 15.6. The molecule has 0 bridgehead atoms. The molecule has 6 aliphatic rings. The van der Waals surface area contributed by atoms with Crippen LogP contribution in [0.1, 0.15) is 107 Å². The largest absolute Gasteiger partial charge is 0.457 e. The van der Waals surface area contributed by atoms with Gasteiger partial charge in [-0.05, 0) is 111 Å². The Hall–Kier alpha value is -0.850. The summed E-state index contributed by atoms with van der Waals surface area (Å²) in [4.78, 5) is 12.1. The third-order valence-electron chi connectivity index (χ3n) is 15.3. The maximum Gasteiger partial charge on any atom is 0.303 e. The average Bonchev–Trinajstić information content (AvgIpc) is 3.62. The summed E-state index contributed by atoms with van der Waals surface area (Å²) in [6, 6.07) is 0. The number of hydrogen-bond acceptors (Lipinski definition) is 10. The molecular formula is C37H62O10. The minimum absolute atomic E-state index is 0.0277. The van der Waals surface area contributed by atoms with Gasteiger partial charge in [0.25, 0.3) is 0 Å². The minimum atomic E-state index is -1.29. The Morgan fingerprint density at radius 3 is 2.30 bits per heavy atom. The van der Waals surface area contributed by atoms with Gasteiger partial charge in [-0.15, -0.1) is 0 Å². The van der Waals surface area contributed by atoms with Crippen LogP contribution in [0.4, 0.5) is 0 Å². The van der Waals surface area contributed by atoms with Gasteiger partial charge in [0.1, 0.15) is 6.10 Å². The Labute approximate surface area is 280 Å². The van der Waals surface area contributed by atoms with Crippen molar-refractivity contribution in [3.63, 3.8) is 0 Å². The van der Waals surface area contributed by atoms with Crippen LogP contribution in [-0.4, -0.2) is 99.8 Å². The summed E-state index contributed by atoms with van der Waals surface area (Å²) in [6.07, 6.45) is 3.17. The van der Waals surface area contributed by atoms with Gasteiger partial charge in [-0.25, -0.2) is 0 Å². The van der Waals surface area contributed by atoms with E-state index in [0.29, 0.717) is 18.3 Å². The Morgan fingerprint density at radius 1 is 1.02 bits per heavy atom. The van der Waals surface area contributed by atoms with Crippen molar-refractivity contribution in [1.29, 1.82) is 0 Å². The van der Waals surface area contributed by atoms with Crippen molar-refractivity contribution in [3.8, 4) is 0 Å². The predicted molar refractivity (Wildman–Crippen MR) is 173 cm³/mol. The third-order valence-corrected chi connectivity index (χ3v) is 15.3. The Bertz CT molecular complexity index is 1190. The van der Waals surface area contributed by atoms with E-state index in [1.54, 1.807) is 13.8 Å². The van der Waals surface area contributed by atoms with Crippen molar-refractivity contribution in [3.05, 3.63) is 0 Å². The van der Waals surface area contributed by atoms with Crippen LogP contribution in [0.25, 0.3) is 0 Å². The van der Waals surface area contributed by atoms with Gasteiger partial charge in [-0.2, -0.15) is 0 Å². The molecule has 6 fully saturated rings. The average molecular weight is 667 g/mol. The molecule has 0 amide bonds. The van der Waals surface area contributed by atoms with Gasteiger partial charge in [-0.3, -0.25) is 4.79 Å². The van der Waals surface area contributed by atoms with Crippen molar-refractivity contribution >= 4 is 5.97 Å². The Balaban J connectivity index is 1.26. The summed E-state index contributed by atoms with van der Waals surface area (Å²) in [7, 11) is 0. The molecule has 0 aromatic heterocycles. The number of rotatable bonds is 10. The maximum absolute atomic E-state index is 12.5. The van der Waals surface area contributed by atoms with Crippen molar-refractivity contribution < 1.29 is 49.3 Å². The van der Waals surface area contributed by atoms with E-state index in [1.807, 2.05) is 0 Å². The van der Waals surface area contributed by atoms with Crippen molar-refractivity contribution in [2.24, 2.45) is 50.7 Å². The number of carbonyl (C=O) groups is 1. The molecule has 5 N–H and O–H groups in total. The molecule has 10 heteroatoms. The molecule has 10 nitrogen and oxygen atoms in total. The van der Waals surface area contributed by atoms with Gasteiger partial charge in [-0.1, -0.05) is 34.6 Å². The van der Waals surface area contributed by atoms with E-state index in [-0.39, 0.29) is 58.2 Å². The molecule has 2 spiro atoms. The molecule has 0 radical (unpaired) electrons. The Kier molecular flexibility index (Phi) is 9.07. The van der Waals surface area contributed by atoms with Crippen molar-refractivity contribution in [2.45, 2.75) is 155 Å². The number of fused-ring (bicyclic) bond motifs is 4. The lowest BCUT2D eigenvalue weighted by Gasteiger charge is -2.64. The summed E-state index contributed by atoms with van der Waals surface area (Å²) in [5, 5.41) is 52.9. The SMILES string of the molecule is CC(=O)O[C@@H]([C@H]1C[C@@H](C)[C@H]2[C@H](O1)[C@H](O)[C@@]1(C)[C@@H]3CC[C@H]4C(C)(C)[C@@H](O[C@H](OCCO)[C@H](O)CO)CC[C@@]45C[C@@]35CC[C@]21C)C(C)(C)O. The molecule has 270 valence electrons. The molecule has 0 unspecified atom stereocenters. The molecule has 1 heterocycles. The third kappa shape index (κ3) is 5.04. The monoisotopic (exact) mass is 666 g/mol. The standard InChI is InChI=1S/C37H62O10/c1-20-17-23(30(33(5,6)43)45-21(2)40)46-28-27(20)34(7)13-14-37-19-36(37)12-11-26(47-31(22(41)18-39)44-16-15-38)32(3,4)24(36)9-10-25(37)35(34,8)29(28)42/h20,22-31,38-39,41-43H,9-19H2,1-8H3/t20-,22-,23-,24+,25+,26+,27+,28+,29+,30+,31+,34-,35-,36-,37+/m1/s1. The van der Waals surface area contributed by atoms with Crippen LogP contribution in [0.2, 0.25) is 0 Å². The van der Waals surface area contributed by atoms with Gasteiger partial charge in [0, 0.05) is 12.3 Å². The zero-order valence-electron chi connectivity index (χ0n) is 29.9. The van der Waals surface area contributed by atoms with Crippen LogP contribution in [0.3, 0.4) is 0 Å². The van der Waals surface area contributed by atoms with Crippen LogP contribution < -0.4 is 0 Å². The lowest BCUT2D eigenvalue weighted by atomic mass is 9.41. The maximum atomic E-state index is 12.5.